The number of carbonyl (C=O) groups is 2. The molecule has 0 spiro atoms. The number of aliphatic carboxylic acids is 1. The lowest BCUT2D eigenvalue weighted by Crippen LogP contribution is -2.27. The molecular weight excluding hydrogens is 199 g/mol. The van der Waals surface area contributed by atoms with Gasteiger partial charge in [0.15, 0.2) is 5.78 Å². The topological polar surface area (TPSA) is 54.4 Å². The number of ketones is 1. The van der Waals surface area contributed by atoms with Crippen LogP contribution in [-0.2, 0) is 16.0 Å². The zero-order chi connectivity index (χ0) is 11.0. The summed E-state index contributed by atoms with van der Waals surface area (Å²) >= 11 is 0. The number of hydrogen-bond acceptors (Lipinski definition) is 2. The van der Waals surface area contributed by atoms with Crippen LogP contribution in [0, 0.1) is 5.82 Å². The predicted octanol–water partition coefficient (Wildman–Crippen LogP) is 1.51. The average molecular weight is 208 g/mol. The van der Waals surface area contributed by atoms with Crippen LogP contribution in [0.1, 0.15) is 23.5 Å². The normalized spacial score (nSPS) is 17.8. The number of carboxylic acids is 1. The first-order valence-electron chi connectivity index (χ1n) is 4.61. The van der Waals surface area contributed by atoms with E-state index in [2.05, 4.69) is 0 Å². The molecule has 1 aromatic carbocycles. The van der Waals surface area contributed by atoms with Crippen LogP contribution >= 0.6 is 0 Å². The molecule has 0 bridgehead atoms. The lowest BCUT2D eigenvalue weighted by molar-refractivity contribution is -0.140. The molecule has 0 fully saturated rings. The van der Waals surface area contributed by atoms with E-state index in [0.29, 0.717) is 6.42 Å². The monoisotopic (exact) mass is 208 g/mol. The average Bonchev–Trinajstić information content (AvgIpc) is 2.08. The van der Waals surface area contributed by atoms with E-state index in [1.807, 2.05) is 0 Å². The van der Waals surface area contributed by atoms with E-state index in [1.165, 1.54) is 12.1 Å². The standard InChI is InChI=1S/C11H9FO3/c12-7-1-2-8-6(3-7)4-9(8)10(13)5-11(14)15/h1-3,9H,4-5H2,(H,14,15). The molecule has 1 aliphatic carbocycles. The maximum Gasteiger partial charge on any atom is 0.310 e. The van der Waals surface area contributed by atoms with Gasteiger partial charge in [0.2, 0.25) is 0 Å². The third-order valence-corrected chi connectivity index (χ3v) is 2.62. The SMILES string of the molecule is O=C(O)CC(=O)C1Cc2cc(F)ccc21. The van der Waals surface area contributed by atoms with Crippen LogP contribution in [0.25, 0.3) is 0 Å². The van der Waals surface area contributed by atoms with Gasteiger partial charge in [-0.2, -0.15) is 0 Å². The molecule has 78 valence electrons. The molecule has 1 aromatic rings. The Balaban J connectivity index is 2.14. The Morgan fingerprint density at radius 2 is 2.20 bits per heavy atom. The quantitative estimate of drug-likeness (QED) is 0.766. The molecule has 1 N–H and O–H groups in total. The summed E-state index contributed by atoms with van der Waals surface area (Å²) in [6, 6.07) is 4.23. The van der Waals surface area contributed by atoms with Crippen molar-refractivity contribution < 1.29 is 19.1 Å². The first-order valence-corrected chi connectivity index (χ1v) is 4.61. The fourth-order valence-electron chi connectivity index (χ4n) is 1.85. The van der Waals surface area contributed by atoms with Gasteiger partial charge in [0.1, 0.15) is 12.2 Å². The van der Waals surface area contributed by atoms with Gasteiger partial charge in [0.05, 0.1) is 0 Å². The molecule has 0 aromatic heterocycles. The summed E-state index contributed by atoms with van der Waals surface area (Å²) < 4.78 is 12.7. The summed E-state index contributed by atoms with van der Waals surface area (Å²) in [5, 5.41) is 8.46. The number of carbonyl (C=O) groups excluding carboxylic acids is 1. The van der Waals surface area contributed by atoms with Crippen LogP contribution in [0.2, 0.25) is 0 Å². The maximum absolute atomic E-state index is 12.7. The lowest BCUT2D eigenvalue weighted by atomic mass is 9.74. The minimum Gasteiger partial charge on any atom is -0.481 e. The second-order valence-corrected chi connectivity index (χ2v) is 3.64. The molecule has 1 aliphatic rings. The maximum atomic E-state index is 12.7. The van der Waals surface area contributed by atoms with Gasteiger partial charge in [-0.15, -0.1) is 0 Å². The highest BCUT2D eigenvalue weighted by molar-refractivity contribution is 5.99. The zero-order valence-corrected chi connectivity index (χ0v) is 7.87. The van der Waals surface area contributed by atoms with Gasteiger partial charge in [-0.3, -0.25) is 9.59 Å². The van der Waals surface area contributed by atoms with Crippen LogP contribution in [0.3, 0.4) is 0 Å². The summed E-state index contributed by atoms with van der Waals surface area (Å²) in [7, 11) is 0. The largest absolute Gasteiger partial charge is 0.481 e. The van der Waals surface area contributed by atoms with Crippen LogP contribution in [-0.4, -0.2) is 16.9 Å². The van der Waals surface area contributed by atoms with Gasteiger partial charge >= 0.3 is 5.97 Å². The van der Waals surface area contributed by atoms with Crippen molar-refractivity contribution in [2.75, 3.05) is 0 Å². The number of hydrogen-bond donors (Lipinski definition) is 1. The molecule has 1 atom stereocenters. The van der Waals surface area contributed by atoms with Crippen molar-refractivity contribution in [3.05, 3.63) is 35.1 Å². The highest BCUT2D eigenvalue weighted by atomic mass is 19.1. The minimum absolute atomic E-state index is 0.304. The Bertz CT molecular complexity index is 439. The number of fused-ring (bicyclic) bond motifs is 1. The van der Waals surface area contributed by atoms with E-state index in [4.69, 9.17) is 5.11 Å². The van der Waals surface area contributed by atoms with E-state index in [-0.39, 0.29) is 17.5 Å². The summed E-state index contributed by atoms with van der Waals surface area (Å²) in [4.78, 5) is 21.7. The van der Waals surface area contributed by atoms with Crippen molar-refractivity contribution in [1.82, 2.24) is 0 Å². The van der Waals surface area contributed by atoms with Crippen LogP contribution in [0.5, 0.6) is 0 Å². The second kappa shape index (κ2) is 3.46. The molecule has 4 heteroatoms. The third-order valence-electron chi connectivity index (χ3n) is 2.62. The number of rotatable bonds is 3. The Hall–Kier alpha value is -1.71. The number of halogens is 1. The first kappa shape index (κ1) is 9.83. The highest BCUT2D eigenvalue weighted by Gasteiger charge is 2.32. The van der Waals surface area contributed by atoms with E-state index in [0.717, 1.165) is 11.1 Å². The number of benzene rings is 1. The van der Waals surface area contributed by atoms with Crippen LogP contribution in [0.15, 0.2) is 18.2 Å². The molecule has 0 aliphatic heterocycles. The van der Waals surface area contributed by atoms with Gasteiger partial charge in [-0.25, -0.2) is 4.39 Å². The molecule has 3 nitrogen and oxygen atoms in total. The summed E-state index contributed by atoms with van der Waals surface area (Å²) in [6.45, 7) is 0. The Kier molecular flexibility index (Phi) is 2.26. The summed E-state index contributed by atoms with van der Waals surface area (Å²) in [5.74, 6) is -2.09. The van der Waals surface area contributed by atoms with Gasteiger partial charge in [0, 0.05) is 5.92 Å². The van der Waals surface area contributed by atoms with Crippen molar-refractivity contribution >= 4 is 11.8 Å². The third kappa shape index (κ3) is 1.75. The molecule has 0 saturated carbocycles. The van der Waals surface area contributed by atoms with Crippen LogP contribution in [0.4, 0.5) is 4.39 Å². The molecule has 0 radical (unpaired) electrons. The molecule has 15 heavy (non-hydrogen) atoms. The molecule has 0 heterocycles. The van der Waals surface area contributed by atoms with Crippen LogP contribution < -0.4 is 0 Å². The highest BCUT2D eigenvalue weighted by Crippen LogP contribution is 2.36. The number of carboxylic acid groups (broad SMARTS) is 1. The van der Waals surface area contributed by atoms with Gasteiger partial charge in [0.25, 0.3) is 0 Å². The molecule has 0 saturated heterocycles. The summed E-state index contributed by atoms with van der Waals surface area (Å²) in [6.07, 6.45) is 0.000684. The van der Waals surface area contributed by atoms with Crippen molar-refractivity contribution in [2.24, 2.45) is 0 Å². The van der Waals surface area contributed by atoms with Crippen molar-refractivity contribution in [1.29, 1.82) is 0 Å². The summed E-state index contributed by atoms with van der Waals surface area (Å²) in [5.41, 5.74) is 1.57. The zero-order valence-electron chi connectivity index (χ0n) is 7.87. The molecule has 2 rings (SSSR count). The number of Topliss-reactive ketones (excluding diaryl/α,β-unsaturated/α-hetero) is 1. The van der Waals surface area contributed by atoms with E-state index < -0.39 is 12.4 Å². The smallest absolute Gasteiger partial charge is 0.310 e. The predicted molar refractivity (Wildman–Crippen MR) is 50.1 cm³/mol. The molecule has 1 unspecified atom stereocenters. The lowest BCUT2D eigenvalue weighted by Gasteiger charge is -2.28. The van der Waals surface area contributed by atoms with E-state index >= 15 is 0 Å². The first-order chi connectivity index (χ1) is 7.08. The van der Waals surface area contributed by atoms with Gasteiger partial charge in [-0.05, 0) is 29.7 Å². The Morgan fingerprint density at radius 3 is 2.80 bits per heavy atom. The fourth-order valence-corrected chi connectivity index (χ4v) is 1.85. The van der Waals surface area contributed by atoms with Crippen molar-refractivity contribution in [3.63, 3.8) is 0 Å². The van der Waals surface area contributed by atoms with Crippen molar-refractivity contribution in [3.8, 4) is 0 Å². The Morgan fingerprint density at radius 1 is 1.47 bits per heavy atom. The fraction of sp³-hybridized carbons (Fsp3) is 0.273. The Labute approximate surface area is 85.5 Å². The van der Waals surface area contributed by atoms with Crippen molar-refractivity contribution in [2.45, 2.75) is 18.8 Å². The van der Waals surface area contributed by atoms with E-state index in [1.54, 1.807) is 6.07 Å². The molecular formula is C11H9FO3. The van der Waals surface area contributed by atoms with Gasteiger partial charge in [-0.1, -0.05) is 6.07 Å². The second-order valence-electron chi connectivity index (χ2n) is 3.64. The molecule has 0 amide bonds. The van der Waals surface area contributed by atoms with E-state index in [9.17, 15) is 14.0 Å². The minimum atomic E-state index is -1.12. The van der Waals surface area contributed by atoms with Gasteiger partial charge < -0.3 is 5.11 Å².